The quantitative estimate of drug-likeness (QED) is 0.595. The second-order valence-corrected chi connectivity index (χ2v) is 9.32. The van der Waals surface area contributed by atoms with Gasteiger partial charge in [-0.1, -0.05) is 47.5 Å². The number of hydrogen-bond donors (Lipinski definition) is 1. The van der Waals surface area contributed by atoms with Crippen molar-refractivity contribution >= 4 is 61.5 Å². The van der Waals surface area contributed by atoms with Crippen LogP contribution in [0.25, 0.3) is 10.8 Å². The summed E-state index contributed by atoms with van der Waals surface area (Å²) in [6, 6.07) is 12.6. The summed E-state index contributed by atoms with van der Waals surface area (Å²) in [5.41, 5.74) is 0.782. The van der Waals surface area contributed by atoms with E-state index in [1.165, 1.54) is 18.2 Å². The third-order valence-electron chi connectivity index (χ3n) is 4.77. The number of rotatable bonds is 4. The van der Waals surface area contributed by atoms with Gasteiger partial charge in [0.05, 0.1) is 26.1 Å². The molecule has 0 unspecified atom stereocenters. The van der Waals surface area contributed by atoms with Crippen molar-refractivity contribution in [1.82, 2.24) is 9.84 Å². The molecule has 0 radical (unpaired) electrons. The van der Waals surface area contributed by atoms with Gasteiger partial charge in [-0.2, -0.15) is 5.01 Å². The average Bonchev–Trinajstić information content (AvgIpc) is 2.91. The van der Waals surface area contributed by atoms with Gasteiger partial charge in [0.1, 0.15) is 0 Å². The second-order valence-electron chi connectivity index (χ2n) is 6.88. The van der Waals surface area contributed by atoms with Crippen LogP contribution in [0.2, 0.25) is 10.0 Å². The predicted molar refractivity (Wildman–Crippen MR) is 116 cm³/mol. The summed E-state index contributed by atoms with van der Waals surface area (Å²) in [5, 5.41) is 1.81. The first-order chi connectivity index (χ1) is 14.1. The molecule has 1 N–H and O–H groups in total. The van der Waals surface area contributed by atoms with Gasteiger partial charge in [0, 0.05) is 30.6 Å². The van der Waals surface area contributed by atoms with Crippen molar-refractivity contribution in [2.24, 2.45) is 0 Å². The summed E-state index contributed by atoms with van der Waals surface area (Å²) in [7, 11) is -0.566. The van der Waals surface area contributed by atoms with E-state index in [1.807, 2.05) is 25.1 Å². The Balaban J connectivity index is 1.77. The van der Waals surface area contributed by atoms with Gasteiger partial charge in [-0.05, 0) is 24.3 Å². The van der Waals surface area contributed by atoms with Crippen molar-refractivity contribution in [2.75, 3.05) is 19.0 Å². The van der Waals surface area contributed by atoms with Crippen molar-refractivity contribution in [2.45, 2.75) is 4.90 Å². The minimum Gasteiger partial charge on any atom is -0.377 e. The van der Waals surface area contributed by atoms with E-state index in [2.05, 4.69) is 4.83 Å². The fourth-order valence-electron chi connectivity index (χ4n) is 3.37. The molecular weight excluding hydrogens is 449 g/mol. The lowest BCUT2D eigenvalue weighted by molar-refractivity contribution is 0.0618. The number of imide groups is 1. The van der Waals surface area contributed by atoms with Gasteiger partial charge in [-0.15, -0.1) is 4.83 Å². The molecular formula is C20H15Cl2N3O4S. The Morgan fingerprint density at radius 2 is 1.40 bits per heavy atom. The fourth-order valence-corrected chi connectivity index (χ4v) is 4.93. The molecule has 0 bridgehead atoms. The summed E-state index contributed by atoms with van der Waals surface area (Å²) < 4.78 is 26.3. The van der Waals surface area contributed by atoms with Crippen LogP contribution in [-0.4, -0.2) is 39.3 Å². The minimum atomic E-state index is -4.27. The lowest BCUT2D eigenvalue weighted by Gasteiger charge is -2.19. The molecule has 0 aromatic heterocycles. The Morgan fingerprint density at radius 3 is 1.97 bits per heavy atom. The molecule has 0 atom stereocenters. The van der Waals surface area contributed by atoms with E-state index < -0.39 is 21.8 Å². The number of amides is 2. The lowest BCUT2D eigenvalue weighted by Crippen LogP contribution is -2.45. The zero-order valence-corrected chi connectivity index (χ0v) is 18.1. The number of sulfonamides is 1. The van der Waals surface area contributed by atoms with E-state index in [9.17, 15) is 18.0 Å². The summed E-state index contributed by atoms with van der Waals surface area (Å²) in [6.45, 7) is 0. The summed E-state index contributed by atoms with van der Waals surface area (Å²) in [5.74, 6) is -1.65. The van der Waals surface area contributed by atoms with E-state index in [0.717, 1.165) is 5.69 Å². The van der Waals surface area contributed by atoms with E-state index >= 15 is 0 Å². The highest BCUT2D eigenvalue weighted by Gasteiger charge is 2.39. The number of carbonyl (C=O) groups is 2. The number of anilines is 1. The summed E-state index contributed by atoms with van der Waals surface area (Å²) >= 11 is 11.9. The van der Waals surface area contributed by atoms with Gasteiger partial charge in [0.2, 0.25) is 0 Å². The number of nitrogens with one attached hydrogen (secondary N) is 1. The third-order valence-corrected chi connectivity index (χ3v) is 6.85. The van der Waals surface area contributed by atoms with E-state index in [1.54, 1.807) is 24.3 Å². The van der Waals surface area contributed by atoms with Gasteiger partial charge in [0.25, 0.3) is 21.8 Å². The zero-order valence-electron chi connectivity index (χ0n) is 15.8. The Labute approximate surface area is 182 Å². The number of carbonyl (C=O) groups excluding carboxylic acids is 2. The molecule has 4 rings (SSSR count). The van der Waals surface area contributed by atoms with Gasteiger partial charge in [0.15, 0.2) is 0 Å². The summed E-state index contributed by atoms with van der Waals surface area (Å²) in [4.78, 5) is 29.2. The maximum atomic E-state index is 13.1. The van der Waals surface area contributed by atoms with Crippen LogP contribution in [0.5, 0.6) is 0 Å². The van der Waals surface area contributed by atoms with Gasteiger partial charge >= 0.3 is 0 Å². The molecule has 1 heterocycles. The standard InChI is InChI=1S/C20H15Cl2N3O4S/c1-24(2)17-7-3-6-12-11(17)5-4-8-18(12)30(28,29)23-25-19(26)13-9-15(21)16(22)10-14(13)20(25)27/h3-10,23H,1-2H3. The molecule has 154 valence electrons. The van der Waals surface area contributed by atoms with Crippen LogP contribution >= 0.6 is 23.2 Å². The molecule has 0 fully saturated rings. The lowest BCUT2D eigenvalue weighted by atomic mass is 10.1. The van der Waals surface area contributed by atoms with Crippen LogP contribution in [0, 0.1) is 0 Å². The van der Waals surface area contributed by atoms with Crippen molar-refractivity contribution in [3.8, 4) is 0 Å². The van der Waals surface area contributed by atoms with Gasteiger partial charge < -0.3 is 4.90 Å². The Bertz CT molecular complexity index is 1300. The number of halogens is 2. The smallest absolute Gasteiger partial charge is 0.277 e. The topological polar surface area (TPSA) is 86.8 Å². The highest BCUT2D eigenvalue weighted by atomic mass is 35.5. The first-order valence-electron chi connectivity index (χ1n) is 8.71. The SMILES string of the molecule is CN(C)c1cccc2c(S(=O)(=O)NN3C(=O)c4cc(Cl)c(Cl)cc4C3=O)cccc12. The van der Waals surface area contributed by atoms with Crippen molar-refractivity contribution in [1.29, 1.82) is 0 Å². The fraction of sp³-hybridized carbons (Fsp3) is 0.100. The summed E-state index contributed by atoms with van der Waals surface area (Å²) in [6.07, 6.45) is 0. The Kier molecular flexibility index (Phi) is 4.98. The molecule has 1 aliphatic heterocycles. The largest absolute Gasteiger partial charge is 0.377 e. The molecule has 0 saturated heterocycles. The highest BCUT2D eigenvalue weighted by Crippen LogP contribution is 2.33. The molecule has 0 aliphatic carbocycles. The number of fused-ring (bicyclic) bond motifs is 2. The van der Waals surface area contributed by atoms with Gasteiger partial charge in [-0.3, -0.25) is 9.59 Å². The highest BCUT2D eigenvalue weighted by molar-refractivity contribution is 7.89. The molecule has 0 saturated carbocycles. The Morgan fingerprint density at radius 1 is 0.867 bits per heavy atom. The zero-order chi connectivity index (χ0) is 21.8. The predicted octanol–water partition coefficient (Wildman–Crippen LogP) is 3.70. The molecule has 7 nitrogen and oxygen atoms in total. The molecule has 1 aliphatic rings. The first-order valence-corrected chi connectivity index (χ1v) is 10.9. The van der Waals surface area contributed by atoms with Crippen molar-refractivity contribution in [3.63, 3.8) is 0 Å². The van der Waals surface area contributed by atoms with E-state index in [-0.39, 0.29) is 26.1 Å². The number of hydrazine groups is 1. The van der Waals surface area contributed by atoms with Crippen LogP contribution < -0.4 is 9.73 Å². The van der Waals surface area contributed by atoms with Crippen molar-refractivity contribution < 1.29 is 18.0 Å². The third kappa shape index (κ3) is 3.22. The normalized spacial score (nSPS) is 13.8. The minimum absolute atomic E-state index is 0.0232. The maximum Gasteiger partial charge on any atom is 0.277 e. The Hall–Kier alpha value is -2.65. The number of nitrogens with zero attached hydrogens (tertiary/aromatic N) is 2. The van der Waals surface area contributed by atoms with Crippen LogP contribution in [-0.2, 0) is 10.0 Å². The average molecular weight is 464 g/mol. The second kappa shape index (κ2) is 7.24. The van der Waals surface area contributed by atoms with Crippen LogP contribution in [0.4, 0.5) is 5.69 Å². The van der Waals surface area contributed by atoms with E-state index in [0.29, 0.717) is 15.8 Å². The van der Waals surface area contributed by atoms with Crippen LogP contribution in [0.1, 0.15) is 20.7 Å². The van der Waals surface area contributed by atoms with Crippen LogP contribution in [0.15, 0.2) is 53.4 Å². The maximum absolute atomic E-state index is 13.1. The molecule has 2 amide bonds. The van der Waals surface area contributed by atoms with Crippen LogP contribution in [0.3, 0.4) is 0 Å². The molecule has 3 aromatic rings. The number of benzene rings is 3. The number of hydrogen-bond acceptors (Lipinski definition) is 5. The monoisotopic (exact) mass is 463 g/mol. The first kappa shape index (κ1) is 20.6. The molecule has 3 aromatic carbocycles. The molecule has 0 spiro atoms. The molecule has 30 heavy (non-hydrogen) atoms. The van der Waals surface area contributed by atoms with Gasteiger partial charge in [-0.25, -0.2) is 8.42 Å². The van der Waals surface area contributed by atoms with E-state index in [4.69, 9.17) is 23.2 Å². The van der Waals surface area contributed by atoms with Crippen molar-refractivity contribution in [3.05, 3.63) is 69.7 Å². The molecule has 10 heteroatoms.